The number of halogens is 1. The second-order valence-corrected chi connectivity index (χ2v) is 5.81. The molecule has 1 aromatic heterocycles. The third-order valence-electron chi connectivity index (χ3n) is 3.86. The predicted octanol–water partition coefficient (Wildman–Crippen LogP) is 3.93. The molecule has 1 unspecified atom stereocenters. The number of aromatic nitrogens is 2. The maximum absolute atomic E-state index is 6.35. The second kappa shape index (κ2) is 7.05. The molecule has 0 aliphatic carbocycles. The van der Waals surface area contributed by atoms with Crippen LogP contribution in [0, 0.1) is 0 Å². The van der Waals surface area contributed by atoms with Crippen LogP contribution in [0.1, 0.15) is 31.1 Å². The number of hydrogen-bond acceptors (Lipinski definition) is 6. The lowest BCUT2D eigenvalue weighted by Gasteiger charge is -2.20. The molecule has 3 rings (SSSR count). The van der Waals surface area contributed by atoms with Gasteiger partial charge in [-0.05, 0) is 31.0 Å². The molecular formula is C17H19ClN4O2. The normalized spacial score (nSPS) is 14.2. The van der Waals surface area contributed by atoms with Crippen molar-refractivity contribution in [2.45, 2.75) is 26.3 Å². The lowest BCUT2D eigenvalue weighted by Crippen LogP contribution is -2.17. The van der Waals surface area contributed by atoms with Crippen LogP contribution in [-0.2, 0) is 11.2 Å². The van der Waals surface area contributed by atoms with Gasteiger partial charge in [0.05, 0.1) is 18.8 Å². The average Bonchev–Trinajstić information content (AvgIpc) is 2.62. The monoisotopic (exact) mass is 346 g/mol. The van der Waals surface area contributed by atoms with Crippen LogP contribution in [0.4, 0.5) is 11.5 Å². The van der Waals surface area contributed by atoms with Crippen LogP contribution in [0.2, 0.25) is 5.02 Å². The zero-order valence-electron chi connectivity index (χ0n) is 13.8. The first-order valence-electron chi connectivity index (χ1n) is 7.76. The number of anilines is 1. The molecule has 1 N–H and O–H groups in total. The van der Waals surface area contributed by atoms with Gasteiger partial charge in [-0.2, -0.15) is 0 Å². The Bertz CT molecular complexity index is 779. The standard InChI is InChI=1S/C17H19ClN4O2/c1-4-12-16(18)17(20-9-19-12)21-10(2)11-5-6-14-13(7-11)22-15(23-3)8-24-14/h5-7,9-10H,4,8H2,1-3H3,(H,19,20,21). The molecule has 126 valence electrons. The fraction of sp³-hybridized carbons (Fsp3) is 0.353. The number of nitrogens with zero attached hydrogens (tertiary/aromatic N) is 3. The van der Waals surface area contributed by atoms with Crippen LogP contribution in [0.25, 0.3) is 0 Å². The summed E-state index contributed by atoms with van der Waals surface area (Å²) in [5.74, 6) is 1.94. The summed E-state index contributed by atoms with van der Waals surface area (Å²) in [5.41, 5.74) is 2.63. The van der Waals surface area contributed by atoms with Crippen LogP contribution in [-0.4, -0.2) is 29.6 Å². The molecule has 1 aliphatic rings. The van der Waals surface area contributed by atoms with E-state index in [0.717, 1.165) is 29.1 Å². The zero-order valence-corrected chi connectivity index (χ0v) is 14.6. The number of aryl methyl sites for hydroxylation is 1. The summed E-state index contributed by atoms with van der Waals surface area (Å²) in [6, 6.07) is 5.88. The van der Waals surface area contributed by atoms with E-state index >= 15 is 0 Å². The Kier molecular flexibility index (Phi) is 4.85. The number of hydrogen-bond donors (Lipinski definition) is 1. The largest absolute Gasteiger partial charge is 0.482 e. The molecule has 0 fully saturated rings. The summed E-state index contributed by atoms with van der Waals surface area (Å²) in [4.78, 5) is 12.9. The minimum absolute atomic E-state index is 0.00414. The Balaban J connectivity index is 1.84. The van der Waals surface area contributed by atoms with E-state index in [1.165, 1.54) is 6.33 Å². The van der Waals surface area contributed by atoms with Crippen molar-refractivity contribution >= 4 is 29.0 Å². The van der Waals surface area contributed by atoms with E-state index in [0.29, 0.717) is 23.3 Å². The highest BCUT2D eigenvalue weighted by atomic mass is 35.5. The van der Waals surface area contributed by atoms with Gasteiger partial charge < -0.3 is 14.8 Å². The molecule has 1 atom stereocenters. The van der Waals surface area contributed by atoms with E-state index in [9.17, 15) is 0 Å². The Morgan fingerprint density at radius 1 is 1.38 bits per heavy atom. The van der Waals surface area contributed by atoms with Crippen LogP contribution < -0.4 is 10.1 Å². The van der Waals surface area contributed by atoms with Crippen molar-refractivity contribution in [2.24, 2.45) is 4.99 Å². The summed E-state index contributed by atoms with van der Waals surface area (Å²) >= 11 is 6.35. The molecule has 0 radical (unpaired) electrons. The van der Waals surface area contributed by atoms with E-state index in [-0.39, 0.29) is 6.04 Å². The highest BCUT2D eigenvalue weighted by Gasteiger charge is 2.17. The van der Waals surface area contributed by atoms with Crippen molar-refractivity contribution in [3.05, 3.63) is 40.8 Å². The van der Waals surface area contributed by atoms with Crippen molar-refractivity contribution in [2.75, 3.05) is 19.0 Å². The summed E-state index contributed by atoms with van der Waals surface area (Å²) in [6.45, 7) is 4.40. The van der Waals surface area contributed by atoms with Gasteiger partial charge in [-0.1, -0.05) is 24.6 Å². The highest BCUT2D eigenvalue weighted by Crippen LogP contribution is 2.34. The minimum atomic E-state index is -0.00414. The maximum atomic E-state index is 6.35. The van der Waals surface area contributed by atoms with Crippen molar-refractivity contribution < 1.29 is 9.47 Å². The summed E-state index contributed by atoms with van der Waals surface area (Å²) in [7, 11) is 1.59. The number of nitrogens with one attached hydrogen (secondary N) is 1. The summed E-state index contributed by atoms with van der Waals surface area (Å²) in [6.07, 6.45) is 2.28. The lowest BCUT2D eigenvalue weighted by molar-refractivity contribution is 0.306. The highest BCUT2D eigenvalue weighted by molar-refractivity contribution is 6.33. The number of aliphatic imine (C=N–C) groups is 1. The SMILES string of the molecule is CCc1ncnc(NC(C)c2ccc3c(c2)N=C(OC)CO3)c1Cl. The van der Waals surface area contributed by atoms with Gasteiger partial charge in [0, 0.05) is 0 Å². The molecule has 0 bridgehead atoms. The van der Waals surface area contributed by atoms with Crippen LogP contribution >= 0.6 is 11.6 Å². The molecular weight excluding hydrogens is 328 g/mol. The molecule has 7 heteroatoms. The van der Waals surface area contributed by atoms with Crippen molar-refractivity contribution in [1.82, 2.24) is 9.97 Å². The number of rotatable bonds is 4. The van der Waals surface area contributed by atoms with E-state index in [4.69, 9.17) is 21.1 Å². The quantitative estimate of drug-likeness (QED) is 0.908. The third-order valence-corrected chi connectivity index (χ3v) is 4.26. The van der Waals surface area contributed by atoms with E-state index in [1.54, 1.807) is 7.11 Å². The van der Waals surface area contributed by atoms with Gasteiger partial charge in [-0.25, -0.2) is 15.0 Å². The van der Waals surface area contributed by atoms with Gasteiger partial charge in [-0.3, -0.25) is 0 Å². The van der Waals surface area contributed by atoms with Gasteiger partial charge in [-0.15, -0.1) is 0 Å². The van der Waals surface area contributed by atoms with Gasteiger partial charge in [0.15, 0.2) is 6.61 Å². The molecule has 0 spiro atoms. The maximum Gasteiger partial charge on any atom is 0.227 e. The Morgan fingerprint density at radius 3 is 2.96 bits per heavy atom. The minimum Gasteiger partial charge on any atom is -0.482 e. The van der Waals surface area contributed by atoms with Gasteiger partial charge in [0.2, 0.25) is 5.90 Å². The molecule has 2 heterocycles. The topological polar surface area (TPSA) is 68.6 Å². The van der Waals surface area contributed by atoms with Crippen LogP contribution in [0.3, 0.4) is 0 Å². The molecule has 24 heavy (non-hydrogen) atoms. The third kappa shape index (κ3) is 3.28. The lowest BCUT2D eigenvalue weighted by atomic mass is 10.1. The van der Waals surface area contributed by atoms with E-state index in [1.807, 2.05) is 32.0 Å². The van der Waals surface area contributed by atoms with E-state index in [2.05, 4.69) is 20.3 Å². The number of ether oxygens (including phenoxy) is 2. The first kappa shape index (κ1) is 16.5. The molecule has 1 aliphatic heterocycles. The number of fused-ring (bicyclic) bond motifs is 1. The van der Waals surface area contributed by atoms with Crippen molar-refractivity contribution in [3.63, 3.8) is 0 Å². The molecule has 2 aromatic rings. The van der Waals surface area contributed by atoms with Crippen LogP contribution in [0.5, 0.6) is 5.75 Å². The first-order valence-corrected chi connectivity index (χ1v) is 8.14. The second-order valence-electron chi connectivity index (χ2n) is 5.43. The van der Waals surface area contributed by atoms with Gasteiger partial charge in [0.1, 0.15) is 28.6 Å². The fourth-order valence-corrected chi connectivity index (χ4v) is 2.75. The Labute approximate surface area is 145 Å². The van der Waals surface area contributed by atoms with Gasteiger partial charge >= 0.3 is 0 Å². The molecule has 0 saturated heterocycles. The first-order chi connectivity index (χ1) is 11.6. The smallest absolute Gasteiger partial charge is 0.227 e. The van der Waals surface area contributed by atoms with E-state index < -0.39 is 0 Å². The van der Waals surface area contributed by atoms with Crippen molar-refractivity contribution in [1.29, 1.82) is 0 Å². The molecule has 0 amide bonds. The van der Waals surface area contributed by atoms with Crippen LogP contribution in [0.15, 0.2) is 29.5 Å². The zero-order chi connectivity index (χ0) is 17.1. The molecule has 0 saturated carbocycles. The fourth-order valence-electron chi connectivity index (χ4n) is 2.47. The van der Waals surface area contributed by atoms with Gasteiger partial charge in [0.25, 0.3) is 0 Å². The average molecular weight is 347 g/mol. The summed E-state index contributed by atoms with van der Waals surface area (Å²) in [5, 5.41) is 3.89. The Hall–Kier alpha value is -2.34. The molecule has 6 nitrogen and oxygen atoms in total. The number of benzene rings is 1. The van der Waals surface area contributed by atoms with Crippen molar-refractivity contribution in [3.8, 4) is 5.75 Å². The predicted molar refractivity (Wildman–Crippen MR) is 94.5 cm³/mol. The molecule has 1 aromatic carbocycles. The Morgan fingerprint density at radius 2 is 2.21 bits per heavy atom. The number of methoxy groups -OCH3 is 1. The summed E-state index contributed by atoms with van der Waals surface area (Å²) < 4.78 is 10.8.